The fourth-order valence-electron chi connectivity index (χ4n) is 3.58. The van der Waals surface area contributed by atoms with Gasteiger partial charge in [0.15, 0.2) is 6.61 Å². The van der Waals surface area contributed by atoms with Crippen LogP contribution in [-0.2, 0) is 11.0 Å². The number of pyridine rings is 1. The van der Waals surface area contributed by atoms with Gasteiger partial charge in [0.25, 0.3) is 5.91 Å². The summed E-state index contributed by atoms with van der Waals surface area (Å²) in [6.45, 7) is 0.417. The third-order valence-corrected chi connectivity index (χ3v) is 5.10. The molecule has 0 unspecified atom stereocenters. The molecule has 1 aromatic carbocycles. The Labute approximate surface area is 182 Å². The summed E-state index contributed by atoms with van der Waals surface area (Å²) >= 11 is 0. The summed E-state index contributed by atoms with van der Waals surface area (Å²) in [5.41, 5.74) is -0.805. The Hall–Kier alpha value is -3.56. The normalized spacial score (nSPS) is 16.6. The second kappa shape index (κ2) is 9.29. The molecule has 0 spiro atoms. The lowest BCUT2D eigenvalue weighted by Crippen LogP contribution is -2.43. The van der Waals surface area contributed by atoms with E-state index in [1.807, 2.05) is 6.07 Å². The highest BCUT2D eigenvalue weighted by Gasteiger charge is 2.37. The Kier molecular flexibility index (Phi) is 6.29. The van der Waals surface area contributed by atoms with Crippen LogP contribution >= 0.6 is 0 Å². The lowest BCUT2D eigenvalue weighted by molar-refractivity contribution is -0.146. The topological polar surface area (TPSA) is 69.5 Å². The van der Waals surface area contributed by atoms with Crippen molar-refractivity contribution in [1.29, 1.82) is 0 Å². The van der Waals surface area contributed by atoms with Crippen LogP contribution in [0.3, 0.4) is 0 Å². The second-order valence-corrected chi connectivity index (χ2v) is 7.32. The number of carbonyl (C=O) groups is 1. The predicted molar refractivity (Wildman–Crippen MR) is 108 cm³/mol. The highest BCUT2D eigenvalue weighted by Crippen LogP contribution is 2.33. The first kappa shape index (κ1) is 21.7. The number of alkyl halides is 3. The Morgan fingerprint density at radius 1 is 1.06 bits per heavy atom. The average molecular weight is 446 g/mol. The van der Waals surface area contributed by atoms with Crippen molar-refractivity contribution in [2.75, 3.05) is 19.7 Å². The molecule has 32 heavy (non-hydrogen) atoms. The van der Waals surface area contributed by atoms with E-state index in [0.29, 0.717) is 36.8 Å². The molecule has 4 rings (SSSR count). The van der Waals surface area contributed by atoms with Crippen molar-refractivity contribution in [3.05, 3.63) is 66.6 Å². The molecule has 1 saturated heterocycles. The van der Waals surface area contributed by atoms with Crippen LogP contribution in [0.2, 0.25) is 0 Å². The molecule has 0 bridgehead atoms. The Bertz CT molecular complexity index is 1040. The zero-order chi connectivity index (χ0) is 22.6. The molecule has 3 heterocycles. The van der Waals surface area contributed by atoms with E-state index in [0.717, 1.165) is 16.9 Å². The van der Waals surface area contributed by atoms with E-state index in [2.05, 4.69) is 10.1 Å². The summed E-state index contributed by atoms with van der Waals surface area (Å²) in [6.07, 6.45) is -0.619. The molecule has 168 valence electrons. The average Bonchev–Trinajstić information content (AvgIpc) is 3.30. The van der Waals surface area contributed by atoms with Gasteiger partial charge in [0.2, 0.25) is 5.88 Å². The maximum absolute atomic E-state index is 13.2. The van der Waals surface area contributed by atoms with Crippen molar-refractivity contribution in [1.82, 2.24) is 19.7 Å². The number of amides is 1. The smallest absolute Gasteiger partial charge is 0.433 e. The Morgan fingerprint density at radius 2 is 1.84 bits per heavy atom. The molecule has 0 saturated carbocycles. The molecule has 7 nitrogen and oxygen atoms in total. The minimum Gasteiger partial charge on any atom is -0.484 e. The molecule has 1 atom stereocenters. The van der Waals surface area contributed by atoms with E-state index in [9.17, 15) is 18.0 Å². The SMILES string of the molecule is O=C(COc1ccc(Oc2ccccn2)cc1)N1CCC[C@@H](n2nccc2C(F)(F)F)C1. The summed E-state index contributed by atoms with van der Waals surface area (Å²) in [5.74, 6) is 1.22. The van der Waals surface area contributed by atoms with Gasteiger partial charge >= 0.3 is 6.18 Å². The van der Waals surface area contributed by atoms with E-state index in [1.165, 1.54) is 4.90 Å². The molecule has 1 amide bonds. The first-order valence-corrected chi connectivity index (χ1v) is 10.1. The van der Waals surface area contributed by atoms with E-state index in [-0.39, 0.29) is 19.1 Å². The first-order valence-electron chi connectivity index (χ1n) is 10.1. The van der Waals surface area contributed by atoms with Crippen LogP contribution in [0, 0.1) is 0 Å². The third-order valence-electron chi connectivity index (χ3n) is 5.10. The molecule has 0 radical (unpaired) electrons. The lowest BCUT2D eigenvalue weighted by Gasteiger charge is -2.33. The van der Waals surface area contributed by atoms with Gasteiger partial charge in [-0.1, -0.05) is 6.07 Å². The van der Waals surface area contributed by atoms with Gasteiger partial charge in [-0.25, -0.2) is 4.98 Å². The third kappa shape index (κ3) is 5.19. The van der Waals surface area contributed by atoms with Crippen molar-refractivity contribution in [3.8, 4) is 17.4 Å². The van der Waals surface area contributed by atoms with Gasteiger partial charge in [-0.3, -0.25) is 9.48 Å². The number of piperidine rings is 1. The van der Waals surface area contributed by atoms with Gasteiger partial charge in [-0.05, 0) is 49.2 Å². The van der Waals surface area contributed by atoms with Crippen LogP contribution in [0.1, 0.15) is 24.6 Å². The van der Waals surface area contributed by atoms with E-state index < -0.39 is 17.9 Å². The van der Waals surface area contributed by atoms with E-state index >= 15 is 0 Å². The first-order chi connectivity index (χ1) is 15.4. The quantitative estimate of drug-likeness (QED) is 0.564. The fraction of sp³-hybridized carbons (Fsp3) is 0.318. The number of halogens is 3. The highest BCUT2D eigenvalue weighted by atomic mass is 19.4. The summed E-state index contributed by atoms with van der Waals surface area (Å²) in [6, 6.07) is 12.5. The monoisotopic (exact) mass is 446 g/mol. The number of rotatable bonds is 6. The molecule has 2 aromatic heterocycles. The maximum Gasteiger partial charge on any atom is 0.433 e. The van der Waals surface area contributed by atoms with Gasteiger partial charge in [-0.2, -0.15) is 18.3 Å². The van der Waals surface area contributed by atoms with Crippen LogP contribution in [0.5, 0.6) is 17.4 Å². The number of benzene rings is 1. The van der Waals surface area contributed by atoms with Crippen LogP contribution < -0.4 is 9.47 Å². The maximum atomic E-state index is 13.2. The number of hydrogen-bond acceptors (Lipinski definition) is 5. The fourth-order valence-corrected chi connectivity index (χ4v) is 3.58. The van der Waals surface area contributed by atoms with Gasteiger partial charge in [0, 0.05) is 31.5 Å². The molecular formula is C22H21F3N4O3. The lowest BCUT2D eigenvalue weighted by atomic mass is 10.1. The number of carbonyl (C=O) groups excluding carboxylic acids is 1. The van der Waals surface area contributed by atoms with E-state index in [1.54, 1.807) is 42.6 Å². The molecule has 1 aliphatic rings. The van der Waals surface area contributed by atoms with Crippen molar-refractivity contribution in [2.24, 2.45) is 0 Å². The highest BCUT2D eigenvalue weighted by molar-refractivity contribution is 5.77. The zero-order valence-electron chi connectivity index (χ0n) is 17.0. The largest absolute Gasteiger partial charge is 0.484 e. The molecule has 3 aromatic rings. The standard InChI is InChI=1S/C22H21F3N4O3/c23-22(24,25)19-10-12-27-29(19)16-4-3-13-28(14-16)21(30)15-31-17-6-8-18(9-7-17)32-20-5-1-2-11-26-20/h1-2,5-12,16H,3-4,13-15H2/t16-/m1/s1. The number of aromatic nitrogens is 3. The van der Waals surface area contributed by atoms with Gasteiger partial charge < -0.3 is 14.4 Å². The predicted octanol–water partition coefficient (Wildman–Crippen LogP) is 4.33. The zero-order valence-corrected chi connectivity index (χ0v) is 17.0. The van der Waals surface area contributed by atoms with Crippen molar-refractivity contribution < 1.29 is 27.4 Å². The van der Waals surface area contributed by atoms with Crippen molar-refractivity contribution >= 4 is 5.91 Å². The number of ether oxygens (including phenoxy) is 2. The van der Waals surface area contributed by atoms with Crippen LogP contribution in [0.15, 0.2) is 60.9 Å². The molecule has 1 fully saturated rings. The van der Waals surface area contributed by atoms with E-state index in [4.69, 9.17) is 9.47 Å². The van der Waals surface area contributed by atoms with Gasteiger partial charge in [0.1, 0.15) is 17.2 Å². The molecular weight excluding hydrogens is 425 g/mol. The van der Waals surface area contributed by atoms with Crippen molar-refractivity contribution in [2.45, 2.75) is 25.1 Å². The summed E-state index contributed by atoms with van der Waals surface area (Å²) in [7, 11) is 0. The van der Waals surface area contributed by atoms with Gasteiger partial charge in [0.05, 0.1) is 6.04 Å². The van der Waals surface area contributed by atoms with Crippen molar-refractivity contribution in [3.63, 3.8) is 0 Å². The number of likely N-dealkylation sites (tertiary alicyclic amines) is 1. The molecule has 0 aliphatic carbocycles. The van der Waals surface area contributed by atoms with Gasteiger partial charge in [-0.15, -0.1) is 0 Å². The molecule has 1 aliphatic heterocycles. The van der Waals surface area contributed by atoms with Crippen LogP contribution in [0.4, 0.5) is 13.2 Å². The number of nitrogens with zero attached hydrogens (tertiary/aromatic N) is 4. The van der Waals surface area contributed by atoms with Crippen LogP contribution in [-0.4, -0.2) is 45.3 Å². The van der Waals surface area contributed by atoms with Crippen LogP contribution in [0.25, 0.3) is 0 Å². The summed E-state index contributed by atoms with van der Waals surface area (Å²) in [4.78, 5) is 18.2. The Morgan fingerprint density at radius 3 is 2.56 bits per heavy atom. The minimum absolute atomic E-state index is 0.157. The Balaban J connectivity index is 1.32. The second-order valence-electron chi connectivity index (χ2n) is 7.32. The number of hydrogen-bond donors (Lipinski definition) is 0. The summed E-state index contributed by atoms with van der Waals surface area (Å²) < 4.78 is 51.7. The summed E-state index contributed by atoms with van der Waals surface area (Å²) in [5, 5.41) is 3.84. The minimum atomic E-state index is -4.49. The molecule has 10 heteroatoms. The molecule has 0 N–H and O–H groups in total.